The number of nitrogens with zero attached hydrogens (tertiary/aromatic N) is 3. The van der Waals surface area contributed by atoms with Crippen LogP contribution in [0.5, 0.6) is 5.88 Å². The summed E-state index contributed by atoms with van der Waals surface area (Å²) in [7, 11) is 0. The molecule has 0 aromatic carbocycles. The molecule has 126 valence electrons. The molecule has 0 fully saturated rings. The number of aromatic amines is 1. The molecule has 0 atom stereocenters. The Morgan fingerprint density at radius 3 is 1.87 bits per heavy atom. The first-order chi connectivity index (χ1) is 10.5. The molecule has 8 nitrogen and oxygen atoms in total. The van der Waals surface area contributed by atoms with E-state index < -0.39 is 5.20 Å². The number of hydrogen-bond acceptors (Lipinski definition) is 7. The van der Waals surface area contributed by atoms with Gasteiger partial charge in [0.05, 0.1) is 18.0 Å². The second-order valence-electron chi connectivity index (χ2n) is 3.15. The van der Waals surface area contributed by atoms with Crippen molar-refractivity contribution in [3.8, 4) is 5.88 Å². The summed E-state index contributed by atoms with van der Waals surface area (Å²) in [6, 6.07) is 1.00. The molecule has 0 bridgehead atoms. The molecule has 0 aliphatic carbocycles. The van der Waals surface area contributed by atoms with Gasteiger partial charge >= 0.3 is 5.20 Å². The average Bonchev–Trinajstić information content (AvgIpc) is 2.37. The standard InChI is InChI=1S/C5H2Cl2N2O.C4H4N2O2.Cl3OP/c6-4-3(1-10)5(7)9-2-8-4;7-3-1-4(8)6-2-5-3;1-5(2,3)4/h1-2H;1-2H,(H2,5,6,7,8);. The van der Waals surface area contributed by atoms with Crippen molar-refractivity contribution in [1.82, 2.24) is 19.9 Å². The van der Waals surface area contributed by atoms with E-state index in [0.717, 1.165) is 12.4 Å². The number of halogens is 5. The molecule has 2 aromatic rings. The molecule has 2 aromatic heterocycles. The molecular weight excluding hydrogens is 436 g/mol. The lowest BCUT2D eigenvalue weighted by Gasteiger charge is -1.93. The number of aromatic hydroxyl groups is 1. The van der Waals surface area contributed by atoms with Crippen LogP contribution < -0.4 is 5.56 Å². The van der Waals surface area contributed by atoms with Crippen molar-refractivity contribution < 1.29 is 14.5 Å². The summed E-state index contributed by atoms with van der Waals surface area (Å²) >= 11 is 24.8. The highest BCUT2D eigenvalue weighted by Gasteiger charge is 2.04. The first-order valence-electron chi connectivity index (χ1n) is 5.08. The van der Waals surface area contributed by atoms with Gasteiger partial charge in [0.1, 0.15) is 16.6 Å². The molecule has 0 spiro atoms. The zero-order valence-electron chi connectivity index (χ0n) is 10.7. The Morgan fingerprint density at radius 2 is 1.61 bits per heavy atom. The van der Waals surface area contributed by atoms with Crippen molar-refractivity contribution >= 4 is 68.4 Å². The van der Waals surface area contributed by atoms with Crippen molar-refractivity contribution in [3.05, 3.63) is 44.9 Å². The van der Waals surface area contributed by atoms with Crippen LogP contribution in [0, 0.1) is 0 Å². The van der Waals surface area contributed by atoms with Crippen LogP contribution in [-0.4, -0.2) is 31.3 Å². The molecule has 2 rings (SSSR count). The molecule has 0 unspecified atom stereocenters. The molecule has 14 heteroatoms. The monoisotopic (exact) mass is 440 g/mol. The fourth-order valence-corrected chi connectivity index (χ4v) is 1.21. The van der Waals surface area contributed by atoms with Crippen LogP contribution in [0.4, 0.5) is 0 Å². The molecule has 0 aliphatic heterocycles. The van der Waals surface area contributed by atoms with E-state index in [9.17, 15) is 14.2 Å². The van der Waals surface area contributed by atoms with Crippen LogP contribution in [0.25, 0.3) is 0 Å². The topological polar surface area (TPSA) is 126 Å². The molecule has 2 heterocycles. The van der Waals surface area contributed by atoms with Gasteiger partial charge < -0.3 is 10.1 Å². The van der Waals surface area contributed by atoms with Gasteiger partial charge in [0.25, 0.3) is 5.56 Å². The van der Waals surface area contributed by atoms with E-state index in [1.807, 2.05) is 0 Å². The van der Waals surface area contributed by atoms with Gasteiger partial charge in [0.2, 0.25) is 5.88 Å². The normalized spacial score (nSPS) is 9.78. The summed E-state index contributed by atoms with van der Waals surface area (Å²) in [4.78, 5) is 33.1. The van der Waals surface area contributed by atoms with Gasteiger partial charge in [-0.2, -0.15) is 0 Å². The number of carbonyl (C=O) groups excluding carboxylic acids is 1. The van der Waals surface area contributed by atoms with E-state index in [4.69, 9.17) is 28.3 Å². The maximum absolute atomic E-state index is 10.2. The lowest BCUT2D eigenvalue weighted by Crippen LogP contribution is -2.01. The van der Waals surface area contributed by atoms with Gasteiger partial charge in [0, 0.05) is 0 Å². The Hall–Kier alpha value is -0.890. The molecule has 23 heavy (non-hydrogen) atoms. The molecule has 0 saturated carbocycles. The highest BCUT2D eigenvalue weighted by atomic mass is 36.0. The van der Waals surface area contributed by atoms with Crippen LogP contribution in [0.3, 0.4) is 0 Å². The summed E-state index contributed by atoms with van der Waals surface area (Å²) in [5, 5.41) is 5.42. The van der Waals surface area contributed by atoms with E-state index >= 15 is 0 Å². The minimum absolute atomic E-state index is 0.0787. The van der Waals surface area contributed by atoms with Gasteiger partial charge in [-0.3, -0.25) is 14.2 Å². The number of hydrogen-bond donors (Lipinski definition) is 2. The molecule has 0 amide bonds. The third kappa shape index (κ3) is 12.2. The molecule has 0 saturated heterocycles. The number of aldehydes is 1. The predicted molar refractivity (Wildman–Crippen MR) is 89.1 cm³/mol. The van der Waals surface area contributed by atoms with E-state index in [-0.39, 0.29) is 27.3 Å². The van der Waals surface area contributed by atoms with E-state index in [0.29, 0.717) is 6.29 Å². The number of rotatable bonds is 1. The zero-order chi connectivity index (χ0) is 18.0. The zero-order valence-corrected chi connectivity index (χ0v) is 15.3. The van der Waals surface area contributed by atoms with Crippen LogP contribution >= 0.6 is 62.1 Å². The average molecular weight is 442 g/mol. The summed E-state index contributed by atoms with van der Waals surface area (Å²) in [5.41, 5.74) is -0.219. The molecular formula is C9H6Cl5N4O4P. The SMILES string of the molecule is O=Cc1c(Cl)ncnc1Cl.O=P(Cl)(Cl)Cl.O=c1cc(O)nc[nH]1. The molecule has 0 aliphatic rings. The fraction of sp³-hybridized carbons (Fsp3) is 0. The quantitative estimate of drug-likeness (QED) is 0.390. The largest absolute Gasteiger partial charge is 0.493 e. The Morgan fingerprint density at radius 1 is 1.13 bits per heavy atom. The summed E-state index contributed by atoms with van der Waals surface area (Å²) in [5.74, 6) is -0.256. The smallest absolute Gasteiger partial charge is 0.339 e. The highest BCUT2D eigenvalue weighted by molar-refractivity contribution is 8.24. The maximum atomic E-state index is 10.2. The Kier molecular flexibility index (Phi) is 10.4. The Bertz CT molecular complexity index is 724. The van der Waals surface area contributed by atoms with Crippen LogP contribution in [-0.2, 0) is 4.57 Å². The summed E-state index contributed by atoms with van der Waals surface area (Å²) in [6.45, 7) is 0. The molecule has 0 radical (unpaired) electrons. The summed E-state index contributed by atoms with van der Waals surface area (Å²) in [6.07, 6.45) is 2.85. The lowest BCUT2D eigenvalue weighted by atomic mass is 10.4. The first-order valence-corrected chi connectivity index (χ1v) is 10.3. The number of aromatic nitrogens is 4. The van der Waals surface area contributed by atoms with Gasteiger partial charge in [-0.15, -0.1) is 0 Å². The third-order valence-electron chi connectivity index (χ3n) is 1.57. The van der Waals surface area contributed by atoms with Crippen LogP contribution in [0.1, 0.15) is 10.4 Å². The maximum Gasteiger partial charge on any atom is 0.339 e. The van der Waals surface area contributed by atoms with Crippen molar-refractivity contribution in [2.75, 3.05) is 0 Å². The van der Waals surface area contributed by atoms with E-state index in [2.05, 4.69) is 53.7 Å². The van der Waals surface area contributed by atoms with Gasteiger partial charge in [0.15, 0.2) is 6.29 Å². The van der Waals surface area contributed by atoms with Crippen molar-refractivity contribution in [2.45, 2.75) is 0 Å². The Balaban J connectivity index is 0.000000335. The van der Waals surface area contributed by atoms with Gasteiger partial charge in [-0.25, -0.2) is 15.0 Å². The van der Waals surface area contributed by atoms with Crippen molar-refractivity contribution in [1.29, 1.82) is 0 Å². The second kappa shape index (κ2) is 10.8. The van der Waals surface area contributed by atoms with Crippen molar-refractivity contribution in [2.24, 2.45) is 0 Å². The van der Waals surface area contributed by atoms with Crippen LogP contribution in [0.2, 0.25) is 10.3 Å². The summed E-state index contributed by atoms with van der Waals surface area (Å²) < 4.78 is 9.51. The highest BCUT2D eigenvalue weighted by Crippen LogP contribution is 2.61. The number of H-pyrrole nitrogens is 1. The molecule has 2 N–H and O–H groups in total. The minimum atomic E-state index is -3.22. The van der Waals surface area contributed by atoms with Crippen LogP contribution in [0.15, 0.2) is 23.5 Å². The Labute approximate surface area is 153 Å². The van der Waals surface area contributed by atoms with Gasteiger partial charge in [-0.1, -0.05) is 23.2 Å². The van der Waals surface area contributed by atoms with E-state index in [1.165, 1.54) is 6.33 Å². The van der Waals surface area contributed by atoms with Gasteiger partial charge in [-0.05, 0) is 33.7 Å². The number of carbonyl (C=O) groups is 1. The van der Waals surface area contributed by atoms with E-state index in [1.54, 1.807) is 0 Å². The third-order valence-corrected chi connectivity index (χ3v) is 2.17. The second-order valence-corrected chi connectivity index (χ2v) is 10.5. The minimum Gasteiger partial charge on any atom is -0.493 e. The lowest BCUT2D eigenvalue weighted by molar-refractivity contribution is 0.112. The number of nitrogens with one attached hydrogen (secondary N) is 1. The van der Waals surface area contributed by atoms with Crippen molar-refractivity contribution in [3.63, 3.8) is 0 Å². The first kappa shape index (κ1) is 22.1. The predicted octanol–water partition coefficient (Wildman–Crippen LogP) is 3.88. The fourth-order valence-electron chi connectivity index (χ4n) is 0.810.